The van der Waals surface area contributed by atoms with Gasteiger partial charge in [-0.25, -0.2) is 8.42 Å². The van der Waals surface area contributed by atoms with Crippen molar-refractivity contribution in [3.8, 4) is 0 Å². The molecule has 1 atom stereocenters. The molecule has 1 N–H and O–H groups in total. The van der Waals surface area contributed by atoms with E-state index < -0.39 is 9.84 Å². The second-order valence-electron chi connectivity index (χ2n) is 6.19. The van der Waals surface area contributed by atoms with E-state index in [1.165, 1.54) is 16.5 Å². The van der Waals surface area contributed by atoms with Crippen molar-refractivity contribution in [2.24, 2.45) is 0 Å². The zero-order valence-corrected chi connectivity index (χ0v) is 12.9. The molecule has 0 bridgehead atoms. The van der Waals surface area contributed by atoms with Crippen LogP contribution in [0.4, 0.5) is 0 Å². The van der Waals surface area contributed by atoms with Crippen LogP contribution < -0.4 is 5.32 Å². The zero-order chi connectivity index (χ0) is 15.3. The number of hydrogen-bond donors (Lipinski definition) is 1. The molecule has 1 fully saturated rings. The van der Waals surface area contributed by atoms with Crippen molar-refractivity contribution >= 4 is 26.5 Å². The Kier molecular flexibility index (Phi) is 3.01. The Hall–Kier alpha value is -1.88. The molecule has 0 spiro atoms. The highest BCUT2D eigenvalue weighted by Gasteiger charge is 2.29. The smallest absolute Gasteiger partial charge is 0.252 e. The van der Waals surface area contributed by atoms with Gasteiger partial charge in [0.1, 0.15) is 0 Å². The van der Waals surface area contributed by atoms with E-state index in [0.29, 0.717) is 12.0 Å². The lowest BCUT2D eigenvalue weighted by molar-refractivity contribution is 0.0943. The minimum Gasteiger partial charge on any atom is -0.348 e. The van der Waals surface area contributed by atoms with Crippen molar-refractivity contribution < 1.29 is 13.2 Å². The molecular weight excluding hydrogens is 298 g/mol. The van der Waals surface area contributed by atoms with Crippen molar-refractivity contribution in [3.05, 3.63) is 47.0 Å². The summed E-state index contributed by atoms with van der Waals surface area (Å²) in [7, 11) is -2.98. The van der Waals surface area contributed by atoms with Crippen LogP contribution in [0.25, 0.3) is 10.8 Å². The van der Waals surface area contributed by atoms with Crippen molar-refractivity contribution in [2.45, 2.75) is 25.3 Å². The minimum absolute atomic E-state index is 0.0556. The van der Waals surface area contributed by atoms with Gasteiger partial charge in [0.05, 0.1) is 11.5 Å². The first kappa shape index (κ1) is 13.8. The maximum Gasteiger partial charge on any atom is 0.252 e. The first-order valence-electron chi connectivity index (χ1n) is 7.58. The number of hydrogen-bond acceptors (Lipinski definition) is 3. The highest BCUT2D eigenvalue weighted by molar-refractivity contribution is 7.91. The Bertz CT molecular complexity index is 876. The van der Waals surface area contributed by atoms with Crippen molar-refractivity contribution in [1.82, 2.24) is 5.32 Å². The van der Waals surface area contributed by atoms with Crippen LogP contribution in [-0.4, -0.2) is 31.9 Å². The fraction of sp³-hybridized carbons (Fsp3) is 0.353. The van der Waals surface area contributed by atoms with Gasteiger partial charge in [-0.05, 0) is 47.2 Å². The van der Waals surface area contributed by atoms with Gasteiger partial charge in [-0.15, -0.1) is 0 Å². The molecule has 1 aliphatic carbocycles. The predicted octanol–water partition coefficient (Wildman–Crippen LogP) is 1.86. The van der Waals surface area contributed by atoms with Gasteiger partial charge in [0, 0.05) is 11.6 Å². The molecule has 1 amide bonds. The summed E-state index contributed by atoms with van der Waals surface area (Å²) in [5.41, 5.74) is 3.24. The summed E-state index contributed by atoms with van der Waals surface area (Å²) < 4.78 is 23.0. The van der Waals surface area contributed by atoms with Gasteiger partial charge >= 0.3 is 0 Å². The summed E-state index contributed by atoms with van der Waals surface area (Å²) in [6, 6.07) is 9.72. The summed E-state index contributed by atoms with van der Waals surface area (Å²) in [6.07, 6.45) is 2.56. The van der Waals surface area contributed by atoms with Gasteiger partial charge < -0.3 is 5.32 Å². The van der Waals surface area contributed by atoms with E-state index in [-0.39, 0.29) is 23.5 Å². The normalized spacial score (nSPS) is 22.1. The third-order valence-electron chi connectivity index (χ3n) is 4.69. The van der Waals surface area contributed by atoms with E-state index in [1.54, 1.807) is 0 Å². The molecule has 1 heterocycles. The van der Waals surface area contributed by atoms with Gasteiger partial charge in [0.2, 0.25) is 0 Å². The lowest BCUT2D eigenvalue weighted by Crippen LogP contribution is -2.35. The number of carbonyl (C=O) groups excluding carboxylic acids is 1. The van der Waals surface area contributed by atoms with E-state index >= 15 is 0 Å². The van der Waals surface area contributed by atoms with E-state index in [0.717, 1.165) is 18.2 Å². The molecule has 0 saturated carbocycles. The van der Waals surface area contributed by atoms with E-state index in [2.05, 4.69) is 11.4 Å². The number of benzene rings is 2. The maximum absolute atomic E-state index is 12.6. The Morgan fingerprint density at radius 1 is 1.09 bits per heavy atom. The van der Waals surface area contributed by atoms with Crippen LogP contribution in [0.5, 0.6) is 0 Å². The summed E-state index contributed by atoms with van der Waals surface area (Å²) >= 11 is 0. The van der Waals surface area contributed by atoms with Gasteiger partial charge in [0.25, 0.3) is 5.91 Å². The number of aryl methyl sites for hydroxylation is 2. The van der Waals surface area contributed by atoms with Gasteiger partial charge in [-0.1, -0.05) is 24.3 Å². The molecule has 0 radical (unpaired) electrons. The van der Waals surface area contributed by atoms with E-state index in [9.17, 15) is 13.2 Å². The average Bonchev–Trinajstić information content (AvgIpc) is 3.04. The van der Waals surface area contributed by atoms with Crippen molar-refractivity contribution in [1.29, 1.82) is 0 Å². The van der Waals surface area contributed by atoms with Crippen molar-refractivity contribution in [3.63, 3.8) is 0 Å². The Labute approximate surface area is 129 Å². The zero-order valence-electron chi connectivity index (χ0n) is 12.1. The lowest BCUT2D eigenvalue weighted by atomic mass is 9.99. The molecule has 2 aliphatic rings. The number of sulfone groups is 1. The molecule has 4 rings (SSSR count). The maximum atomic E-state index is 12.6. The molecule has 0 aromatic heterocycles. The van der Waals surface area contributed by atoms with Gasteiger partial charge in [-0.2, -0.15) is 0 Å². The largest absolute Gasteiger partial charge is 0.348 e. The SMILES string of the molecule is O=C(N[C@@H]1CCS(=O)(=O)C1)c1ccc2c3c(cccc13)CC2. The topological polar surface area (TPSA) is 63.2 Å². The van der Waals surface area contributed by atoms with Crippen LogP contribution in [0.2, 0.25) is 0 Å². The molecule has 0 unspecified atom stereocenters. The van der Waals surface area contributed by atoms with Crippen molar-refractivity contribution in [2.75, 3.05) is 11.5 Å². The fourth-order valence-corrected chi connectivity index (χ4v) is 5.29. The van der Waals surface area contributed by atoms with E-state index in [4.69, 9.17) is 0 Å². The molecule has 114 valence electrons. The van der Waals surface area contributed by atoms with Crippen LogP contribution in [0.15, 0.2) is 30.3 Å². The molecule has 1 aliphatic heterocycles. The third-order valence-corrected chi connectivity index (χ3v) is 6.46. The standard InChI is InChI=1S/C17H17NO3S/c19-17(18-13-8-9-22(20,21)10-13)15-7-6-12-5-4-11-2-1-3-14(15)16(11)12/h1-3,6-7,13H,4-5,8-10H2,(H,18,19)/t13-/m1/s1. The number of rotatable bonds is 2. The van der Waals surface area contributed by atoms with Crippen LogP contribution in [0.3, 0.4) is 0 Å². The second kappa shape index (κ2) is 4.81. The number of amides is 1. The third kappa shape index (κ3) is 2.20. The number of nitrogens with one attached hydrogen (secondary N) is 1. The lowest BCUT2D eigenvalue weighted by Gasteiger charge is -2.13. The summed E-state index contributed by atoms with van der Waals surface area (Å²) in [5, 5.41) is 5.06. The summed E-state index contributed by atoms with van der Waals surface area (Å²) in [4.78, 5) is 12.6. The average molecular weight is 315 g/mol. The molecule has 22 heavy (non-hydrogen) atoms. The molecule has 2 aromatic carbocycles. The monoisotopic (exact) mass is 315 g/mol. The van der Waals surface area contributed by atoms with E-state index in [1.807, 2.05) is 24.3 Å². The molecule has 4 nitrogen and oxygen atoms in total. The Balaban J connectivity index is 1.69. The highest BCUT2D eigenvalue weighted by Crippen LogP contribution is 2.32. The highest BCUT2D eigenvalue weighted by atomic mass is 32.2. The van der Waals surface area contributed by atoms with Crippen LogP contribution in [0.1, 0.15) is 27.9 Å². The molecule has 2 aromatic rings. The molecule has 1 saturated heterocycles. The van der Waals surface area contributed by atoms with Gasteiger partial charge in [-0.3, -0.25) is 4.79 Å². The van der Waals surface area contributed by atoms with Gasteiger partial charge in [0.15, 0.2) is 9.84 Å². The minimum atomic E-state index is -2.98. The molecular formula is C17H17NO3S. The quantitative estimate of drug-likeness (QED) is 0.920. The van der Waals surface area contributed by atoms with Crippen LogP contribution >= 0.6 is 0 Å². The number of carbonyl (C=O) groups is 1. The van der Waals surface area contributed by atoms with Crippen LogP contribution in [-0.2, 0) is 22.7 Å². The Morgan fingerprint density at radius 3 is 2.59 bits per heavy atom. The van der Waals surface area contributed by atoms with Crippen LogP contribution in [0, 0.1) is 0 Å². The Morgan fingerprint density at radius 2 is 1.86 bits per heavy atom. The summed E-state index contributed by atoms with van der Waals surface area (Å²) in [5.74, 6) is 0.0552. The molecule has 5 heteroatoms. The first-order valence-corrected chi connectivity index (χ1v) is 9.40. The second-order valence-corrected chi connectivity index (χ2v) is 8.41. The summed E-state index contributed by atoms with van der Waals surface area (Å²) in [6.45, 7) is 0. The first-order chi connectivity index (χ1) is 10.5. The predicted molar refractivity (Wildman–Crippen MR) is 85.9 cm³/mol. The fourth-order valence-electron chi connectivity index (χ4n) is 3.62.